The second-order valence-electron chi connectivity index (χ2n) is 4.60. The maximum absolute atomic E-state index is 12.4. The Hall–Kier alpha value is -2.66. The van der Waals surface area contributed by atoms with Crippen molar-refractivity contribution < 1.29 is 14.3 Å². The fraction of sp³-hybridized carbons (Fsp3) is 0.125. The summed E-state index contributed by atoms with van der Waals surface area (Å²) in [7, 11) is 0. The van der Waals surface area contributed by atoms with Crippen molar-refractivity contribution >= 4 is 16.8 Å². The Kier molecular flexibility index (Phi) is 3.66. The van der Waals surface area contributed by atoms with Crippen LogP contribution in [0.25, 0.3) is 10.9 Å². The van der Waals surface area contributed by atoms with E-state index in [0.29, 0.717) is 11.3 Å². The number of fused-ring (bicyclic) bond motifs is 1. The van der Waals surface area contributed by atoms with Crippen LogP contribution in [0.15, 0.2) is 59.3 Å². The van der Waals surface area contributed by atoms with Crippen LogP contribution in [0.1, 0.15) is 22.2 Å². The van der Waals surface area contributed by atoms with Gasteiger partial charge in [0.2, 0.25) is 0 Å². The highest BCUT2D eigenvalue weighted by Crippen LogP contribution is 2.18. The fourth-order valence-electron chi connectivity index (χ4n) is 2.23. The maximum atomic E-state index is 12.4. The number of furan rings is 1. The van der Waals surface area contributed by atoms with E-state index in [1.54, 1.807) is 36.5 Å². The molecule has 0 bridgehead atoms. The molecule has 5 nitrogen and oxygen atoms in total. The molecule has 0 aliphatic heterocycles. The van der Waals surface area contributed by atoms with Crippen molar-refractivity contribution in [2.75, 3.05) is 6.61 Å². The van der Waals surface area contributed by atoms with E-state index in [4.69, 9.17) is 4.42 Å². The molecule has 2 aromatic heterocycles. The molecule has 0 spiro atoms. The Morgan fingerprint density at radius 1 is 1.24 bits per heavy atom. The number of pyridine rings is 1. The normalized spacial score (nSPS) is 12.2. The molecule has 106 valence electrons. The Morgan fingerprint density at radius 2 is 2.14 bits per heavy atom. The monoisotopic (exact) mass is 282 g/mol. The first-order valence-electron chi connectivity index (χ1n) is 6.58. The van der Waals surface area contributed by atoms with Crippen LogP contribution in [0.4, 0.5) is 0 Å². The molecule has 0 fully saturated rings. The van der Waals surface area contributed by atoms with Crippen molar-refractivity contribution in [1.29, 1.82) is 0 Å². The van der Waals surface area contributed by atoms with Gasteiger partial charge < -0.3 is 14.8 Å². The van der Waals surface area contributed by atoms with E-state index in [9.17, 15) is 9.90 Å². The van der Waals surface area contributed by atoms with E-state index in [-0.39, 0.29) is 12.5 Å². The average Bonchev–Trinajstić information content (AvgIpc) is 3.06. The lowest BCUT2D eigenvalue weighted by molar-refractivity contribution is 0.0909. The molecule has 1 unspecified atom stereocenters. The summed E-state index contributed by atoms with van der Waals surface area (Å²) in [5.74, 6) is 0.244. The van der Waals surface area contributed by atoms with Gasteiger partial charge >= 0.3 is 0 Å². The van der Waals surface area contributed by atoms with E-state index in [1.165, 1.54) is 6.26 Å². The van der Waals surface area contributed by atoms with Crippen molar-refractivity contribution in [3.05, 3.63) is 66.2 Å². The molecule has 3 rings (SSSR count). The zero-order valence-corrected chi connectivity index (χ0v) is 11.2. The van der Waals surface area contributed by atoms with Gasteiger partial charge in [-0.25, -0.2) is 0 Å². The third-order valence-electron chi connectivity index (χ3n) is 3.26. The number of amides is 1. The Balaban J connectivity index is 1.90. The van der Waals surface area contributed by atoms with Crippen molar-refractivity contribution in [1.82, 2.24) is 10.3 Å². The van der Waals surface area contributed by atoms with Crippen molar-refractivity contribution in [3.63, 3.8) is 0 Å². The molecule has 1 amide bonds. The summed E-state index contributed by atoms with van der Waals surface area (Å²) in [5, 5.41) is 13.0. The molecule has 0 saturated carbocycles. The molecule has 5 heteroatoms. The van der Waals surface area contributed by atoms with Crippen LogP contribution in [0.5, 0.6) is 0 Å². The van der Waals surface area contributed by atoms with Gasteiger partial charge in [-0.05, 0) is 30.3 Å². The number of nitrogens with zero attached hydrogens (tertiary/aromatic N) is 1. The Labute approximate surface area is 121 Å². The smallest absolute Gasteiger partial charge is 0.252 e. The minimum atomic E-state index is -0.570. The topological polar surface area (TPSA) is 75.4 Å². The second kappa shape index (κ2) is 5.76. The van der Waals surface area contributed by atoms with Crippen LogP contribution in [0.3, 0.4) is 0 Å². The van der Waals surface area contributed by atoms with Gasteiger partial charge in [-0.1, -0.05) is 12.1 Å². The lowest BCUT2D eigenvalue weighted by Crippen LogP contribution is -2.30. The van der Waals surface area contributed by atoms with Crippen molar-refractivity contribution in [2.24, 2.45) is 0 Å². The molecule has 3 aromatic rings. The first-order chi connectivity index (χ1) is 10.3. The molecule has 0 aliphatic rings. The van der Waals surface area contributed by atoms with Crippen molar-refractivity contribution in [3.8, 4) is 0 Å². The second-order valence-corrected chi connectivity index (χ2v) is 4.60. The van der Waals surface area contributed by atoms with Crippen LogP contribution in [0, 0.1) is 0 Å². The first-order valence-corrected chi connectivity index (χ1v) is 6.58. The summed E-state index contributed by atoms with van der Waals surface area (Å²) in [6.07, 6.45) is 3.19. The zero-order valence-electron chi connectivity index (χ0n) is 11.2. The van der Waals surface area contributed by atoms with Gasteiger partial charge in [-0.2, -0.15) is 0 Å². The molecule has 1 atom stereocenters. The number of rotatable bonds is 4. The number of carbonyl (C=O) groups is 1. The molecule has 2 heterocycles. The quantitative estimate of drug-likeness (QED) is 0.770. The molecule has 0 radical (unpaired) electrons. The number of aliphatic hydroxyl groups excluding tert-OH is 1. The van der Waals surface area contributed by atoms with Gasteiger partial charge in [0.15, 0.2) is 0 Å². The number of benzene rings is 1. The van der Waals surface area contributed by atoms with Crippen LogP contribution >= 0.6 is 0 Å². The third-order valence-corrected chi connectivity index (χ3v) is 3.26. The molecule has 2 N–H and O–H groups in total. The minimum Gasteiger partial charge on any atom is -0.467 e. The first kappa shape index (κ1) is 13.3. The summed E-state index contributed by atoms with van der Waals surface area (Å²) in [5.41, 5.74) is 1.27. The Morgan fingerprint density at radius 3 is 2.90 bits per heavy atom. The number of hydrogen-bond acceptors (Lipinski definition) is 4. The summed E-state index contributed by atoms with van der Waals surface area (Å²) in [6.45, 7) is -0.234. The predicted molar refractivity (Wildman–Crippen MR) is 77.7 cm³/mol. The number of carbonyl (C=O) groups excluding carboxylic acids is 1. The predicted octanol–water partition coefficient (Wildman–Crippen LogP) is 2.29. The highest BCUT2D eigenvalue weighted by molar-refractivity contribution is 6.06. The van der Waals surface area contributed by atoms with Gasteiger partial charge in [0.1, 0.15) is 11.8 Å². The van der Waals surface area contributed by atoms with Gasteiger partial charge in [0.05, 0.1) is 18.4 Å². The van der Waals surface area contributed by atoms with Gasteiger partial charge in [0, 0.05) is 17.1 Å². The van der Waals surface area contributed by atoms with E-state index in [2.05, 4.69) is 10.3 Å². The largest absolute Gasteiger partial charge is 0.467 e. The number of hydrogen-bond donors (Lipinski definition) is 2. The van der Waals surface area contributed by atoms with Gasteiger partial charge in [-0.15, -0.1) is 0 Å². The summed E-state index contributed by atoms with van der Waals surface area (Å²) in [4.78, 5) is 16.7. The molecule has 0 aliphatic carbocycles. The zero-order chi connectivity index (χ0) is 14.7. The highest BCUT2D eigenvalue weighted by atomic mass is 16.3. The van der Waals surface area contributed by atoms with Crippen LogP contribution in [0.2, 0.25) is 0 Å². The molecular formula is C16H14N2O3. The van der Waals surface area contributed by atoms with Crippen LogP contribution < -0.4 is 5.32 Å². The molecule has 1 aromatic carbocycles. The number of aliphatic hydroxyl groups is 1. The number of nitrogens with one attached hydrogen (secondary N) is 1. The van der Waals surface area contributed by atoms with E-state index in [1.807, 2.05) is 12.1 Å². The Bertz CT molecular complexity index is 748. The lowest BCUT2D eigenvalue weighted by atomic mass is 10.1. The summed E-state index contributed by atoms with van der Waals surface area (Å²) < 4.78 is 5.22. The third kappa shape index (κ3) is 2.64. The molecule has 21 heavy (non-hydrogen) atoms. The molecule has 0 saturated heterocycles. The number of aromatic nitrogens is 1. The highest BCUT2D eigenvalue weighted by Gasteiger charge is 2.18. The lowest BCUT2D eigenvalue weighted by Gasteiger charge is -2.14. The summed E-state index contributed by atoms with van der Waals surface area (Å²) >= 11 is 0. The van der Waals surface area contributed by atoms with E-state index in [0.717, 1.165) is 10.9 Å². The molecular weight excluding hydrogens is 268 g/mol. The SMILES string of the molecule is O=C(NC(CO)c1ccco1)c1cccc2ncccc12. The maximum Gasteiger partial charge on any atom is 0.252 e. The van der Waals surface area contributed by atoms with Gasteiger partial charge in [0.25, 0.3) is 5.91 Å². The van der Waals surface area contributed by atoms with Crippen LogP contribution in [-0.4, -0.2) is 22.6 Å². The van der Waals surface area contributed by atoms with Gasteiger partial charge in [-0.3, -0.25) is 9.78 Å². The standard InChI is InChI=1S/C16H14N2O3/c19-10-14(15-7-3-9-21-15)18-16(20)12-4-1-6-13-11(12)5-2-8-17-13/h1-9,14,19H,10H2,(H,18,20). The van der Waals surface area contributed by atoms with E-state index >= 15 is 0 Å². The van der Waals surface area contributed by atoms with Crippen molar-refractivity contribution in [2.45, 2.75) is 6.04 Å². The minimum absolute atomic E-state index is 0.234. The average molecular weight is 282 g/mol. The summed E-state index contributed by atoms with van der Waals surface area (Å²) in [6, 6.07) is 11.9. The van der Waals surface area contributed by atoms with E-state index < -0.39 is 6.04 Å². The van der Waals surface area contributed by atoms with Crippen LogP contribution in [-0.2, 0) is 0 Å². The fourth-order valence-corrected chi connectivity index (χ4v) is 2.23.